The molecule has 0 aromatic heterocycles. The first kappa shape index (κ1) is 45.3. The van der Waals surface area contributed by atoms with Gasteiger partial charge in [0.25, 0.3) is 0 Å². The Labute approximate surface area is 374 Å². The molecule has 5 aromatic rings. The van der Waals surface area contributed by atoms with Gasteiger partial charge in [0.15, 0.2) is 18.9 Å². The van der Waals surface area contributed by atoms with Gasteiger partial charge in [0.1, 0.15) is 47.5 Å². The van der Waals surface area contributed by atoms with Crippen LogP contribution in [0.25, 0.3) is 0 Å². The average Bonchev–Trinajstić information content (AvgIpc) is 3.33. The van der Waals surface area contributed by atoms with Gasteiger partial charge in [0.05, 0.1) is 46.8 Å². The maximum atomic E-state index is 9.84. The fourth-order valence-electron chi connectivity index (χ4n) is 8.14. The van der Waals surface area contributed by atoms with Crippen LogP contribution in [-0.2, 0) is 51.1 Å². The van der Waals surface area contributed by atoms with Gasteiger partial charge in [-0.25, -0.2) is 0 Å². The molecule has 4 heterocycles. The van der Waals surface area contributed by atoms with Gasteiger partial charge in [-0.05, 0) is 60.4 Å². The largest absolute Gasteiger partial charge is 0.497 e. The number of ether oxygens (including phenoxy) is 10. The third kappa shape index (κ3) is 11.3. The number of thioether (sulfide) groups is 1. The van der Waals surface area contributed by atoms with Crippen LogP contribution in [0.5, 0.6) is 11.5 Å². The molecule has 0 bridgehead atoms. The highest BCUT2D eigenvalue weighted by Gasteiger charge is 2.52. The van der Waals surface area contributed by atoms with Gasteiger partial charge in [0, 0.05) is 21.9 Å². The molecule has 4 aliphatic rings. The molecular weight excluding hydrogens is 821 g/mol. The van der Waals surface area contributed by atoms with Crippen LogP contribution in [0.4, 0.5) is 0 Å². The van der Waals surface area contributed by atoms with Gasteiger partial charge in [-0.15, -0.1) is 0 Å². The zero-order valence-corrected chi connectivity index (χ0v) is 37.2. The standard InChI is InChI=1S/C36H38O7S.C15H20O4/c1-24-9-19-30(20-10-24)44-36-34(40-22-26-13-17-29(38-3)18-14-26)33(39-21-25-11-15-28(37-2)16-12-25)32-31(42-36)23-41-35(43-32)27-7-5-4-6-8-27;1-9-10(2)14(16)18-12-8-17-15(19-13(9)12)11-6-4-3-5-7-11/h4-20,31-36H,21-23H2,1-3H3;3-7,9-10,12-16H,8H2,1-2H3. The van der Waals surface area contributed by atoms with Crippen LogP contribution in [-0.4, -0.2) is 80.9 Å². The summed E-state index contributed by atoms with van der Waals surface area (Å²) in [5, 5.41) is 9.84. The fourth-order valence-corrected chi connectivity index (χ4v) is 9.27. The molecule has 63 heavy (non-hydrogen) atoms. The first-order valence-electron chi connectivity index (χ1n) is 21.6. The molecule has 334 valence electrons. The van der Waals surface area contributed by atoms with Crippen molar-refractivity contribution >= 4 is 11.8 Å². The van der Waals surface area contributed by atoms with Gasteiger partial charge < -0.3 is 52.5 Å². The van der Waals surface area contributed by atoms with Crippen molar-refractivity contribution in [3.05, 3.63) is 161 Å². The number of benzene rings is 5. The van der Waals surface area contributed by atoms with Gasteiger partial charge in [-0.3, -0.25) is 0 Å². The van der Waals surface area contributed by atoms with Crippen molar-refractivity contribution in [2.24, 2.45) is 11.8 Å². The summed E-state index contributed by atoms with van der Waals surface area (Å²) in [6.45, 7) is 7.76. The molecule has 4 fully saturated rings. The van der Waals surface area contributed by atoms with E-state index < -0.39 is 30.9 Å². The molecule has 12 unspecified atom stereocenters. The highest BCUT2D eigenvalue weighted by Crippen LogP contribution is 2.42. The highest BCUT2D eigenvalue weighted by molar-refractivity contribution is 7.99. The van der Waals surface area contributed by atoms with E-state index in [1.807, 2.05) is 116 Å². The summed E-state index contributed by atoms with van der Waals surface area (Å²) >= 11 is 1.63. The minimum absolute atomic E-state index is 0.0302. The number of hydrogen-bond acceptors (Lipinski definition) is 12. The molecule has 0 spiro atoms. The van der Waals surface area contributed by atoms with Crippen LogP contribution in [0.2, 0.25) is 0 Å². The Hall–Kier alpha value is -4.31. The van der Waals surface area contributed by atoms with E-state index in [1.54, 1.807) is 26.0 Å². The SMILES string of the molecule is CC1C(O)OC2COC(c3ccccc3)OC2C1C.COc1ccc(COC2C(Sc3ccc(C)cc3)OC3COC(c4ccccc4)OC3C2OCc2ccc(OC)cc2)cc1. The van der Waals surface area contributed by atoms with E-state index in [9.17, 15) is 5.11 Å². The first-order valence-corrected chi connectivity index (χ1v) is 22.5. The summed E-state index contributed by atoms with van der Waals surface area (Å²) in [7, 11) is 3.32. The van der Waals surface area contributed by atoms with Gasteiger partial charge in [-0.1, -0.05) is 128 Å². The molecule has 1 N–H and O–H groups in total. The summed E-state index contributed by atoms with van der Waals surface area (Å²) in [5.41, 5.74) is 4.86. The molecule has 12 atom stereocenters. The number of aliphatic hydroxyl groups is 1. The van der Waals surface area contributed by atoms with E-state index in [0.717, 1.165) is 38.6 Å². The van der Waals surface area contributed by atoms with Crippen LogP contribution in [0, 0.1) is 18.8 Å². The lowest BCUT2D eigenvalue weighted by Gasteiger charge is -2.49. The lowest BCUT2D eigenvalue weighted by molar-refractivity contribution is -0.335. The molecule has 4 aliphatic heterocycles. The second-order valence-electron chi connectivity index (χ2n) is 16.4. The van der Waals surface area contributed by atoms with Crippen molar-refractivity contribution in [1.29, 1.82) is 0 Å². The summed E-state index contributed by atoms with van der Waals surface area (Å²) in [4.78, 5) is 1.09. The minimum Gasteiger partial charge on any atom is -0.497 e. The van der Waals surface area contributed by atoms with Crippen LogP contribution in [0.3, 0.4) is 0 Å². The molecular formula is C51H58O11S. The predicted molar refractivity (Wildman–Crippen MR) is 238 cm³/mol. The number of hydrogen-bond donors (Lipinski definition) is 1. The number of aryl methyl sites for hydroxylation is 1. The smallest absolute Gasteiger partial charge is 0.184 e. The van der Waals surface area contributed by atoms with Crippen molar-refractivity contribution in [2.75, 3.05) is 27.4 Å². The van der Waals surface area contributed by atoms with E-state index in [2.05, 4.69) is 38.1 Å². The Morgan fingerprint density at radius 2 is 1.05 bits per heavy atom. The number of methoxy groups -OCH3 is 2. The lowest BCUT2D eigenvalue weighted by atomic mass is 9.84. The highest BCUT2D eigenvalue weighted by atomic mass is 32.2. The second-order valence-corrected chi connectivity index (χ2v) is 17.5. The Bertz CT molecular complexity index is 2120. The number of aliphatic hydroxyl groups excluding tert-OH is 1. The summed E-state index contributed by atoms with van der Waals surface area (Å²) in [5.74, 6) is 1.90. The van der Waals surface area contributed by atoms with Crippen molar-refractivity contribution in [2.45, 2.75) is 99.8 Å². The number of fused-ring (bicyclic) bond motifs is 2. The summed E-state index contributed by atoms with van der Waals surface area (Å²) < 4.78 is 61.1. The van der Waals surface area contributed by atoms with Crippen molar-refractivity contribution in [3.8, 4) is 11.5 Å². The molecule has 12 heteroatoms. The molecule has 9 rings (SSSR count). The minimum atomic E-state index is -0.725. The van der Waals surface area contributed by atoms with Crippen molar-refractivity contribution < 1.29 is 52.5 Å². The normalized spacial score (nSPS) is 30.2. The van der Waals surface area contributed by atoms with Crippen LogP contribution in [0.1, 0.15) is 54.2 Å². The van der Waals surface area contributed by atoms with Gasteiger partial charge >= 0.3 is 0 Å². The van der Waals surface area contributed by atoms with Gasteiger partial charge in [0.2, 0.25) is 0 Å². The third-order valence-corrected chi connectivity index (χ3v) is 13.2. The molecule has 0 radical (unpaired) electrons. The third-order valence-electron chi connectivity index (χ3n) is 12.1. The maximum absolute atomic E-state index is 9.84. The summed E-state index contributed by atoms with van der Waals surface area (Å²) in [6.07, 6.45) is -3.44. The van der Waals surface area contributed by atoms with Crippen LogP contribution >= 0.6 is 11.8 Å². The Morgan fingerprint density at radius 1 is 0.556 bits per heavy atom. The van der Waals surface area contributed by atoms with Crippen molar-refractivity contribution in [3.63, 3.8) is 0 Å². The first-order chi connectivity index (χ1) is 30.8. The van der Waals surface area contributed by atoms with E-state index in [1.165, 1.54) is 5.56 Å². The fraction of sp³-hybridized carbons (Fsp3) is 0.412. The molecule has 5 aromatic carbocycles. The Balaban J connectivity index is 0.000000238. The quantitative estimate of drug-likeness (QED) is 0.129. The molecule has 4 saturated heterocycles. The average molecular weight is 879 g/mol. The monoisotopic (exact) mass is 878 g/mol. The topological polar surface area (TPSA) is 113 Å². The van der Waals surface area contributed by atoms with Crippen LogP contribution in [0.15, 0.2) is 138 Å². The van der Waals surface area contributed by atoms with Crippen LogP contribution < -0.4 is 9.47 Å². The number of rotatable bonds is 12. The summed E-state index contributed by atoms with van der Waals surface area (Å²) in [6, 6.07) is 44.1. The van der Waals surface area contributed by atoms with E-state index in [4.69, 9.17) is 47.4 Å². The van der Waals surface area contributed by atoms with E-state index in [-0.39, 0.29) is 41.9 Å². The maximum Gasteiger partial charge on any atom is 0.184 e. The van der Waals surface area contributed by atoms with Crippen molar-refractivity contribution in [1.82, 2.24) is 0 Å². The zero-order chi connectivity index (χ0) is 43.7. The van der Waals surface area contributed by atoms with E-state index >= 15 is 0 Å². The molecule has 0 amide bonds. The van der Waals surface area contributed by atoms with E-state index in [0.29, 0.717) is 26.4 Å². The molecule has 11 nitrogen and oxygen atoms in total. The molecule has 0 saturated carbocycles. The Kier molecular flexibility index (Phi) is 15.5. The Morgan fingerprint density at radius 3 is 1.57 bits per heavy atom. The molecule has 0 aliphatic carbocycles. The lowest BCUT2D eigenvalue weighted by Crippen LogP contribution is -2.62. The zero-order valence-electron chi connectivity index (χ0n) is 36.4. The van der Waals surface area contributed by atoms with Gasteiger partial charge in [-0.2, -0.15) is 0 Å². The second kappa shape index (κ2) is 21.6. The predicted octanol–water partition coefficient (Wildman–Crippen LogP) is 9.20.